The average Bonchev–Trinajstić information content (AvgIpc) is 2.00. The summed E-state index contributed by atoms with van der Waals surface area (Å²) in [5, 5.41) is 36.3. The van der Waals surface area contributed by atoms with Crippen molar-refractivity contribution in [2.75, 3.05) is 0 Å². The quantitative estimate of drug-likeness (QED) is 0.445. The van der Waals surface area contributed by atoms with E-state index in [9.17, 15) is 20.1 Å². The van der Waals surface area contributed by atoms with Gasteiger partial charge in [0.2, 0.25) is 0 Å². The molecule has 1 aliphatic carbocycles. The Morgan fingerprint density at radius 3 is 2.54 bits per heavy atom. The van der Waals surface area contributed by atoms with E-state index >= 15 is 0 Å². The molecule has 0 aromatic carbocycles. The molecule has 1 aliphatic rings. The van der Waals surface area contributed by atoms with E-state index in [1.165, 1.54) is 6.92 Å². The van der Waals surface area contributed by atoms with Crippen LogP contribution in [0.5, 0.6) is 0 Å². The molecule has 0 aromatic heterocycles. The van der Waals surface area contributed by atoms with Crippen molar-refractivity contribution < 1.29 is 25.2 Å². The molecule has 2 unspecified atom stereocenters. The maximum absolute atomic E-state index is 10.4. The first-order valence-corrected chi connectivity index (χ1v) is 3.62. The van der Waals surface area contributed by atoms with Crippen molar-refractivity contribution in [3.8, 4) is 0 Å². The molecule has 5 heteroatoms. The van der Waals surface area contributed by atoms with Gasteiger partial charge in [-0.15, -0.1) is 0 Å². The Bertz CT molecular complexity index is 300. The molecule has 0 fully saturated rings. The van der Waals surface area contributed by atoms with Gasteiger partial charge in [-0.1, -0.05) is 0 Å². The van der Waals surface area contributed by atoms with Crippen molar-refractivity contribution in [1.82, 2.24) is 0 Å². The number of aliphatic carboxylic acids is 1. The molecule has 1 rings (SSSR count). The minimum Gasteiger partial charge on any atom is -0.509 e. The van der Waals surface area contributed by atoms with Gasteiger partial charge in [0.1, 0.15) is 17.5 Å². The molecule has 0 amide bonds. The van der Waals surface area contributed by atoms with Gasteiger partial charge in [0.15, 0.2) is 0 Å². The summed E-state index contributed by atoms with van der Waals surface area (Å²) in [5.41, 5.74) is -2.05. The Labute approximate surface area is 74.2 Å². The van der Waals surface area contributed by atoms with Crippen LogP contribution < -0.4 is 0 Å². The second-order valence-electron chi connectivity index (χ2n) is 3.05. The van der Waals surface area contributed by atoms with Crippen LogP contribution in [0.1, 0.15) is 6.92 Å². The topological polar surface area (TPSA) is 98.0 Å². The molecule has 0 heterocycles. The van der Waals surface area contributed by atoms with Crippen LogP contribution in [0.3, 0.4) is 0 Å². The fourth-order valence-electron chi connectivity index (χ4n) is 0.958. The Hall–Kier alpha value is -1.33. The lowest BCUT2D eigenvalue weighted by molar-refractivity contribution is -0.132. The summed E-state index contributed by atoms with van der Waals surface area (Å²) < 4.78 is 0. The molecule has 0 aromatic rings. The number of aliphatic hydroxyl groups excluding tert-OH is 2. The first-order valence-electron chi connectivity index (χ1n) is 3.62. The number of rotatable bonds is 1. The molecule has 0 spiro atoms. The Balaban J connectivity index is 3.07. The van der Waals surface area contributed by atoms with Gasteiger partial charge in [0.05, 0.1) is 5.57 Å². The summed E-state index contributed by atoms with van der Waals surface area (Å²) in [5.74, 6) is -1.82. The SMILES string of the molecule is CC1(O)C(O)=CC(C(=O)O)=CC1O. The predicted octanol–water partition coefficient (Wildman–Crippen LogP) is -0.435. The van der Waals surface area contributed by atoms with Crippen LogP contribution in [0.4, 0.5) is 0 Å². The monoisotopic (exact) mass is 186 g/mol. The van der Waals surface area contributed by atoms with Crippen LogP contribution in [0.2, 0.25) is 0 Å². The highest BCUT2D eigenvalue weighted by molar-refractivity contribution is 5.90. The van der Waals surface area contributed by atoms with E-state index in [1.54, 1.807) is 0 Å². The molecule has 0 radical (unpaired) electrons. The van der Waals surface area contributed by atoms with Crippen molar-refractivity contribution in [1.29, 1.82) is 0 Å². The summed E-state index contributed by atoms with van der Waals surface area (Å²) in [7, 11) is 0. The normalized spacial score (nSPS) is 33.6. The average molecular weight is 186 g/mol. The molecule has 13 heavy (non-hydrogen) atoms. The third-order valence-electron chi connectivity index (χ3n) is 1.97. The summed E-state index contributed by atoms with van der Waals surface area (Å²) in [6.45, 7) is 1.19. The molecule has 4 N–H and O–H groups in total. The highest BCUT2D eigenvalue weighted by Gasteiger charge is 2.37. The number of hydrogen-bond acceptors (Lipinski definition) is 4. The van der Waals surface area contributed by atoms with Crippen LogP contribution in [0, 0.1) is 0 Å². The first-order chi connectivity index (χ1) is 5.85. The third-order valence-corrected chi connectivity index (χ3v) is 1.97. The highest BCUT2D eigenvalue weighted by atomic mass is 16.4. The van der Waals surface area contributed by atoms with Gasteiger partial charge in [-0.25, -0.2) is 4.79 Å². The van der Waals surface area contributed by atoms with E-state index in [0.29, 0.717) is 0 Å². The summed E-state index contributed by atoms with van der Waals surface area (Å²) in [6.07, 6.45) is 0.473. The van der Waals surface area contributed by atoms with Crippen molar-refractivity contribution in [2.45, 2.75) is 18.6 Å². The van der Waals surface area contributed by atoms with Gasteiger partial charge in [-0.3, -0.25) is 0 Å². The van der Waals surface area contributed by atoms with Crippen LogP contribution in [-0.4, -0.2) is 38.1 Å². The van der Waals surface area contributed by atoms with Gasteiger partial charge < -0.3 is 20.4 Å². The molecule has 72 valence electrons. The molecule has 2 atom stereocenters. The predicted molar refractivity (Wildman–Crippen MR) is 43.1 cm³/mol. The molecule has 0 aliphatic heterocycles. The number of carboxylic acids is 1. The standard InChI is InChI=1S/C8H10O5/c1-8(13)5(9)2-4(7(11)12)3-6(8)10/h2-3,5,9-10,13H,1H3,(H,11,12). The van der Waals surface area contributed by atoms with Crippen molar-refractivity contribution in [3.05, 3.63) is 23.5 Å². The van der Waals surface area contributed by atoms with Crippen molar-refractivity contribution >= 4 is 5.97 Å². The lowest BCUT2D eigenvalue weighted by Crippen LogP contribution is -2.42. The fourth-order valence-corrected chi connectivity index (χ4v) is 0.958. The molecule has 0 saturated carbocycles. The largest absolute Gasteiger partial charge is 0.509 e. The first kappa shape index (κ1) is 9.76. The number of carbonyl (C=O) groups is 1. The highest BCUT2D eigenvalue weighted by Crippen LogP contribution is 2.26. The maximum atomic E-state index is 10.4. The molecule has 5 nitrogen and oxygen atoms in total. The van der Waals surface area contributed by atoms with Gasteiger partial charge in [0.25, 0.3) is 0 Å². The number of carboxylic acid groups (broad SMARTS) is 1. The summed E-state index contributed by atoms with van der Waals surface area (Å²) >= 11 is 0. The number of hydrogen-bond donors (Lipinski definition) is 4. The minimum absolute atomic E-state index is 0.239. The van der Waals surface area contributed by atoms with Gasteiger partial charge in [-0.05, 0) is 19.1 Å². The molecular formula is C8H10O5. The zero-order chi connectivity index (χ0) is 10.2. The van der Waals surface area contributed by atoms with Gasteiger partial charge >= 0.3 is 5.97 Å². The van der Waals surface area contributed by atoms with Crippen molar-refractivity contribution in [2.24, 2.45) is 0 Å². The lowest BCUT2D eigenvalue weighted by Gasteiger charge is -2.29. The van der Waals surface area contributed by atoms with E-state index in [0.717, 1.165) is 12.2 Å². The minimum atomic E-state index is -1.81. The Morgan fingerprint density at radius 1 is 1.62 bits per heavy atom. The van der Waals surface area contributed by atoms with E-state index in [-0.39, 0.29) is 5.57 Å². The third kappa shape index (κ3) is 1.56. The maximum Gasteiger partial charge on any atom is 0.335 e. The Morgan fingerprint density at radius 2 is 2.15 bits per heavy atom. The van der Waals surface area contributed by atoms with Crippen molar-refractivity contribution in [3.63, 3.8) is 0 Å². The molecule has 0 bridgehead atoms. The summed E-state index contributed by atoms with van der Waals surface area (Å²) in [4.78, 5) is 10.4. The molecular weight excluding hydrogens is 176 g/mol. The number of aliphatic hydroxyl groups is 3. The van der Waals surface area contributed by atoms with Crippen LogP contribution in [0.25, 0.3) is 0 Å². The Kier molecular flexibility index (Phi) is 2.15. The molecule has 0 saturated heterocycles. The van der Waals surface area contributed by atoms with E-state index in [2.05, 4.69) is 0 Å². The van der Waals surface area contributed by atoms with Crippen LogP contribution in [-0.2, 0) is 4.79 Å². The van der Waals surface area contributed by atoms with E-state index in [1.807, 2.05) is 0 Å². The zero-order valence-electron chi connectivity index (χ0n) is 6.93. The van der Waals surface area contributed by atoms with Gasteiger partial charge in [-0.2, -0.15) is 0 Å². The second-order valence-corrected chi connectivity index (χ2v) is 3.05. The fraction of sp³-hybridized carbons (Fsp3) is 0.375. The smallest absolute Gasteiger partial charge is 0.335 e. The van der Waals surface area contributed by atoms with Crippen LogP contribution in [0.15, 0.2) is 23.5 Å². The summed E-state index contributed by atoms with van der Waals surface area (Å²) in [6, 6.07) is 0. The van der Waals surface area contributed by atoms with Gasteiger partial charge in [0, 0.05) is 0 Å². The second kappa shape index (κ2) is 2.86. The zero-order valence-corrected chi connectivity index (χ0v) is 6.93. The lowest BCUT2D eigenvalue weighted by atomic mass is 9.89. The van der Waals surface area contributed by atoms with E-state index < -0.39 is 23.4 Å². The van der Waals surface area contributed by atoms with E-state index in [4.69, 9.17) is 5.11 Å². The van der Waals surface area contributed by atoms with Crippen LogP contribution >= 0.6 is 0 Å².